The molecular formula is C6H8FN3O2. The van der Waals surface area contributed by atoms with Gasteiger partial charge in [-0.1, -0.05) is 0 Å². The summed E-state index contributed by atoms with van der Waals surface area (Å²) in [6.45, 7) is 1.62. The van der Waals surface area contributed by atoms with Gasteiger partial charge in [0.05, 0.1) is 0 Å². The van der Waals surface area contributed by atoms with Crippen LogP contribution < -0.4 is 0 Å². The van der Waals surface area contributed by atoms with Crippen molar-refractivity contribution in [3.05, 3.63) is 11.6 Å². The molecule has 1 aromatic rings. The van der Waals surface area contributed by atoms with Gasteiger partial charge in [-0.15, -0.1) is 10.2 Å². The number of hydrogen-bond acceptors (Lipinski definition) is 3. The largest absolute Gasteiger partial charge is 0.479 e. The van der Waals surface area contributed by atoms with Crippen LogP contribution in [0.3, 0.4) is 0 Å². The minimum absolute atomic E-state index is 0.181. The Morgan fingerprint density at radius 2 is 2.25 bits per heavy atom. The van der Waals surface area contributed by atoms with Crippen molar-refractivity contribution in [2.75, 3.05) is 0 Å². The minimum Gasteiger partial charge on any atom is -0.479 e. The number of alkyl halides is 1. The third kappa shape index (κ3) is 1.27. The smallest absolute Gasteiger partial charge is 0.346 e. The first-order valence-corrected chi connectivity index (χ1v) is 3.26. The summed E-state index contributed by atoms with van der Waals surface area (Å²) in [5.74, 6) is -1.25. The standard InChI is InChI=1S/C6H8FN3O2/c1-3-8-9-5(10(3)2)4(7)6(11)12/h4H,1-2H3,(H,11,12). The van der Waals surface area contributed by atoms with Gasteiger partial charge in [0.25, 0.3) is 6.17 Å². The highest BCUT2D eigenvalue weighted by Crippen LogP contribution is 2.14. The Kier molecular flexibility index (Phi) is 2.07. The third-order valence-electron chi connectivity index (χ3n) is 1.57. The van der Waals surface area contributed by atoms with E-state index < -0.39 is 12.1 Å². The van der Waals surface area contributed by atoms with Gasteiger partial charge in [0.1, 0.15) is 5.82 Å². The number of aromatic nitrogens is 3. The zero-order valence-corrected chi connectivity index (χ0v) is 6.65. The van der Waals surface area contributed by atoms with Gasteiger partial charge in [-0.3, -0.25) is 0 Å². The highest BCUT2D eigenvalue weighted by atomic mass is 19.1. The van der Waals surface area contributed by atoms with Crippen LogP contribution in [0.4, 0.5) is 4.39 Å². The second-order valence-corrected chi connectivity index (χ2v) is 2.37. The average Bonchev–Trinajstić information content (AvgIpc) is 2.32. The molecule has 0 aliphatic rings. The van der Waals surface area contributed by atoms with Crippen molar-refractivity contribution in [2.24, 2.45) is 7.05 Å². The van der Waals surface area contributed by atoms with Crippen molar-refractivity contribution < 1.29 is 14.3 Å². The highest BCUT2D eigenvalue weighted by molar-refractivity contribution is 5.72. The molecule has 0 amide bonds. The van der Waals surface area contributed by atoms with Crippen molar-refractivity contribution in [3.8, 4) is 0 Å². The first kappa shape index (κ1) is 8.63. The molecular weight excluding hydrogens is 165 g/mol. The molecule has 1 unspecified atom stereocenters. The first-order chi connectivity index (χ1) is 5.54. The van der Waals surface area contributed by atoms with Gasteiger partial charge < -0.3 is 9.67 Å². The lowest BCUT2D eigenvalue weighted by Crippen LogP contribution is -2.11. The number of carboxylic acids is 1. The van der Waals surface area contributed by atoms with Gasteiger partial charge in [-0.05, 0) is 6.92 Å². The molecule has 1 aromatic heterocycles. The van der Waals surface area contributed by atoms with Crippen LogP contribution in [0.1, 0.15) is 17.8 Å². The Labute approximate surface area is 67.8 Å². The van der Waals surface area contributed by atoms with E-state index in [4.69, 9.17) is 5.11 Å². The van der Waals surface area contributed by atoms with E-state index in [0.717, 1.165) is 0 Å². The van der Waals surface area contributed by atoms with Crippen molar-refractivity contribution >= 4 is 5.97 Å². The van der Waals surface area contributed by atoms with E-state index in [2.05, 4.69) is 10.2 Å². The van der Waals surface area contributed by atoms with Crippen molar-refractivity contribution in [1.82, 2.24) is 14.8 Å². The number of aliphatic carboxylic acids is 1. The van der Waals surface area contributed by atoms with Crippen LogP contribution in [0.15, 0.2) is 0 Å². The van der Waals surface area contributed by atoms with Crippen LogP contribution in [0.5, 0.6) is 0 Å². The van der Waals surface area contributed by atoms with Crippen LogP contribution in [-0.4, -0.2) is 25.8 Å². The zero-order valence-electron chi connectivity index (χ0n) is 6.65. The predicted molar refractivity (Wildman–Crippen MR) is 37.2 cm³/mol. The monoisotopic (exact) mass is 173 g/mol. The molecule has 0 aliphatic carbocycles. The van der Waals surface area contributed by atoms with Gasteiger partial charge in [0.15, 0.2) is 5.82 Å². The Hall–Kier alpha value is -1.46. The maximum absolute atomic E-state index is 12.8. The summed E-state index contributed by atoms with van der Waals surface area (Å²) in [5.41, 5.74) is 0. The number of hydrogen-bond donors (Lipinski definition) is 1. The van der Waals surface area contributed by atoms with Crippen molar-refractivity contribution in [1.29, 1.82) is 0 Å². The molecule has 1 rings (SSSR count). The molecule has 0 fully saturated rings. The van der Waals surface area contributed by atoms with E-state index in [1.807, 2.05) is 0 Å². The SMILES string of the molecule is Cc1nnc(C(F)C(=O)O)n1C. The van der Waals surface area contributed by atoms with Crippen molar-refractivity contribution in [2.45, 2.75) is 13.1 Å². The van der Waals surface area contributed by atoms with E-state index in [-0.39, 0.29) is 5.82 Å². The second kappa shape index (κ2) is 2.88. The second-order valence-electron chi connectivity index (χ2n) is 2.37. The van der Waals surface area contributed by atoms with Gasteiger partial charge in [0, 0.05) is 7.05 Å². The topological polar surface area (TPSA) is 68.0 Å². The summed E-state index contributed by atoms with van der Waals surface area (Å²) in [4.78, 5) is 10.2. The summed E-state index contributed by atoms with van der Waals surface area (Å²) in [5, 5.41) is 15.2. The Balaban J connectivity index is 3.03. The Morgan fingerprint density at radius 3 is 2.58 bits per heavy atom. The Morgan fingerprint density at radius 1 is 1.67 bits per heavy atom. The van der Waals surface area contributed by atoms with Crippen LogP contribution in [0, 0.1) is 6.92 Å². The number of nitrogens with zero attached hydrogens (tertiary/aromatic N) is 3. The molecule has 12 heavy (non-hydrogen) atoms. The zero-order chi connectivity index (χ0) is 9.30. The molecule has 0 bridgehead atoms. The molecule has 1 heterocycles. The fourth-order valence-electron chi connectivity index (χ4n) is 0.755. The van der Waals surface area contributed by atoms with Gasteiger partial charge in [-0.25, -0.2) is 9.18 Å². The highest BCUT2D eigenvalue weighted by Gasteiger charge is 2.24. The van der Waals surface area contributed by atoms with E-state index >= 15 is 0 Å². The lowest BCUT2D eigenvalue weighted by molar-refractivity contribution is -0.143. The van der Waals surface area contributed by atoms with E-state index in [0.29, 0.717) is 5.82 Å². The fourth-order valence-corrected chi connectivity index (χ4v) is 0.755. The number of aryl methyl sites for hydroxylation is 1. The molecule has 1 N–H and O–H groups in total. The quantitative estimate of drug-likeness (QED) is 0.694. The van der Waals surface area contributed by atoms with Crippen LogP contribution in [-0.2, 0) is 11.8 Å². The fraction of sp³-hybridized carbons (Fsp3) is 0.500. The summed E-state index contributed by atoms with van der Waals surface area (Å²) in [6, 6.07) is 0. The molecule has 66 valence electrons. The molecule has 0 spiro atoms. The lowest BCUT2D eigenvalue weighted by atomic mass is 10.4. The van der Waals surface area contributed by atoms with E-state index in [1.54, 1.807) is 6.92 Å². The summed E-state index contributed by atoms with van der Waals surface area (Å²) >= 11 is 0. The van der Waals surface area contributed by atoms with Crippen molar-refractivity contribution in [3.63, 3.8) is 0 Å². The first-order valence-electron chi connectivity index (χ1n) is 3.26. The summed E-state index contributed by atoms with van der Waals surface area (Å²) < 4.78 is 14.1. The molecule has 5 nitrogen and oxygen atoms in total. The molecule has 1 atom stereocenters. The molecule has 0 radical (unpaired) electrons. The van der Waals surface area contributed by atoms with E-state index in [1.165, 1.54) is 11.6 Å². The number of carbonyl (C=O) groups is 1. The lowest BCUT2D eigenvalue weighted by Gasteiger charge is -2.01. The number of carboxylic acid groups (broad SMARTS) is 1. The third-order valence-corrected chi connectivity index (χ3v) is 1.57. The molecule has 6 heteroatoms. The normalized spacial score (nSPS) is 12.9. The molecule has 0 aromatic carbocycles. The predicted octanol–water partition coefficient (Wildman–Crippen LogP) is 0.219. The maximum Gasteiger partial charge on any atom is 0.346 e. The summed E-state index contributed by atoms with van der Waals surface area (Å²) in [7, 11) is 1.51. The van der Waals surface area contributed by atoms with Gasteiger partial charge >= 0.3 is 5.97 Å². The van der Waals surface area contributed by atoms with Gasteiger partial charge in [0.2, 0.25) is 0 Å². The Bertz CT molecular complexity index is 310. The van der Waals surface area contributed by atoms with E-state index in [9.17, 15) is 9.18 Å². The maximum atomic E-state index is 12.8. The number of rotatable bonds is 2. The molecule has 0 aliphatic heterocycles. The van der Waals surface area contributed by atoms with Gasteiger partial charge in [-0.2, -0.15) is 0 Å². The average molecular weight is 173 g/mol. The minimum atomic E-state index is -2.10. The van der Waals surface area contributed by atoms with Crippen LogP contribution >= 0.6 is 0 Å². The van der Waals surface area contributed by atoms with Crippen LogP contribution in [0.25, 0.3) is 0 Å². The molecule has 0 saturated heterocycles. The summed E-state index contributed by atoms with van der Waals surface area (Å²) in [6.07, 6.45) is -2.10. The number of halogens is 1. The molecule has 0 saturated carbocycles. The van der Waals surface area contributed by atoms with Crippen LogP contribution in [0.2, 0.25) is 0 Å².